The molecule has 0 fully saturated rings. The maximum atomic E-state index is 12.1. The minimum Gasteiger partial charge on any atom is -0.371 e. The van der Waals surface area contributed by atoms with E-state index in [1.54, 1.807) is 6.20 Å². The first-order valence-corrected chi connectivity index (χ1v) is 5.77. The molecule has 2 N–H and O–H groups in total. The summed E-state index contributed by atoms with van der Waals surface area (Å²) in [6, 6.07) is 1.87. The van der Waals surface area contributed by atoms with E-state index in [1.807, 2.05) is 16.8 Å². The van der Waals surface area contributed by atoms with Crippen molar-refractivity contribution in [2.24, 2.45) is 0 Å². The molecule has 0 saturated heterocycles. The van der Waals surface area contributed by atoms with Crippen LogP contribution in [0.3, 0.4) is 0 Å². The maximum Gasteiger partial charge on any atom is 0.264 e. The van der Waals surface area contributed by atoms with Gasteiger partial charge in [-0.2, -0.15) is 11.3 Å². The molecule has 1 aliphatic heterocycles. The lowest BCUT2D eigenvalue weighted by Crippen LogP contribution is -2.23. The van der Waals surface area contributed by atoms with Gasteiger partial charge in [0, 0.05) is 6.20 Å². The zero-order valence-corrected chi connectivity index (χ0v) is 9.07. The lowest BCUT2D eigenvalue weighted by atomic mass is 10.2. The van der Waals surface area contributed by atoms with Gasteiger partial charge in [0.15, 0.2) is 6.23 Å². The first-order chi connectivity index (χ1) is 7.77. The van der Waals surface area contributed by atoms with Crippen LogP contribution < -0.4 is 10.9 Å². The molecular formula is C10H9N3O2S. The van der Waals surface area contributed by atoms with E-state index < -0.39 is 6.23 Å². The van der Waals surface area contributed by atoms with Crippen molar-refractivity contribution in [1.29, 1.82) is 0 Å². The Hall–Kier alpha value is -1.66. The predicted octanol–water partition coefficient (Wildman–Crippen LogP) is 0.888. The van der Waals surface area contributed by atoms with Gasteiger partial charge in [-0.3, -0.25) is 4.79 Å². The van der Waals surface area contributed by atoms with E-state index in [9.17, 15) is 9.90 Å². The highest BCUT2D eigenvalue weighted by Gasteiger charge is 2.23. The molecule has 2 aromatic rings. The topological polar surface area (TPSA) is 67.2 Å². The lowest BCUT2D eigenvalue weighted by Gasteiger charge is -2.06. The molecule has 0 spiro atoms. The molecule has 1 aliphatic rings. The number of rotatable bonds is 1. The molecule has 2 aromatic heterocycles. The summed E-state index contributed by atoms with van der Waals surface area (Å²) in [5.74, 6) is 0.427. The zero-order valence-electron chi connectivity index (χ0n) is 8.25. The number of nitrogens with one attached hydrogen (secondary N) is 1. The summed E-state index contributed by atoms with van der Waals surface area (Å²) in [5, 5.41) is 16.3. The van der Waals surface area contributed by atoms with Gasteiger partial charge in [-0.25, -0.2) is 9.55 Å². The fourth-order valence-corrected chi connectivity index (χ4v) is 2.42. The third kappa shape index (κ3) is 1.27. The van der Waals surface area contributed by atoms with Crippen molar-refractivity contribution in [3.8, 4) is 11.1 Å². The normalized spacial score (nSPS) is 18.2. The minimum atomic E-state index is -0.825. The largest absolute Gasteiger partial charge is 0.371 e. The molecule has 3 heterocycles. The highest BCUT2D eigenvalue weighted by molar-refractivity contribution is 7.08. The van der Waals surface area contributed by atoms with Crippen molar-refractivity contribution in [3.05, 3.63) is 33.4 Å². The number of hydrogen-bond acceptors (Lipinski definition) is 5. The smallest absolute Gasteiger partial charge is 0.264 e. The Labute approximate surface area is 95.0 Å². The lowest BCUT2D eigenvalue weighted by molar-refractivity contribution is 0.128. The van der Waals surface area contributed by atoms with Gasteiger partial charge in [0.2, 0.25) is 5.95 Å². The molecule has 3 rings (SSSR count). The van der Waals surface area contributed by atoms with Gasteiger partial charge in [-0.1, -0.05) is 0 Å². The van der Waals surface area contributed by atoms with Gasteiger partial charge in [0.1, 0.15) is 0 Å². The van der Waals surface area contributed by atoms with Crippen molar-refractivity contribution >= 4 is 17.3 Å². The summed E-state index contributed by atoms with van der Waals surface area (Å²) < 4.78 is 1.28. The molecule has 0 saturated carbocycles. The molecule has 0 radical (unpaired) electrons. The highest BCUT2D eigenvalue weighted by Crippen LogP contribution is 2.22. The number of β-amino-alcohol motifs (C(OH)–C–C–N with tert-alkyl or cyclic N) is 1. The number of aromatic nitrogens is 2. The van der Waals surface area contributed by atoms with E-state index in [-0.39, 0.29) is 5.56 Å². The highest BCUT2D eigenvalue weighted by atomic mass is 32.1. The molecule has 82 valence electrons. The standard InChI is InChI=1S/C10H9N3O2S/c14-8-4-12-10-11-3-7(9(15)13(8)10)6-1-2-16-5-6/h1-3,5,8,14H,4H2,(H,11,12). The molecule has 5 nitrogen and oxygen atoms in total. The molecular weight excluding hydrogens is 226 g/mol. The van der Waals surface area contributed by atoms with Crippen LogP contribution in [-0.4, -0.2) is 21.2 Å². The number of thiophene rings is 1. The summed E-state index contributed by atoms with van der Waals surface area (Å²) in [4.78, 5) is 16.2. The molecule has 16 heavy (non-hydrogen) atoms. The van der Waals surface area contributed by atoms with Crippen LogP contribution in [0.1, 0.15) is 6.23 Å². The van der Waals surface area contributed by atoms with Gasteiger partial charge < -0.3 is 10.4 Å². The fourth-order valence-electron chi connectivity index (χ4n) is 1.77. The minimum absolute atomic E-state index is 0.207. The van der Waals surface area contributed by atoms with Crippen LogP contribution in [0.25, 0.3) is 11.1 Å². The van der Waals surface area contributed by atoms with Crippen molar-refractivity contribution in [1.82, 2.24) is 9.55 Å². The van der Waals surface area contributed by atoms with E-state index >= 15 is 0 Å². The summed E-state index contributed by atoms with van der Waals surface area (Å²) in [6.45, 7) is 0.329. The number of hydrogen-bond donors (Lipinski definition) is 2. The monoisotopic (exact) mass is 235 g/mol. The summed E-state index contributed by atoms with van der Waals surface area (Å²) >= 11 is 1.52. The second-order valence-corrected chi connectivity index (χ2v) is 4.32. The second-order valence-electron chi connectivity index (χ2n) is 3.54. The molecule has 1 unspecified atom stereocenters. The van der Waals surface area contributed by atoms with E-state index in [0.717, 1.165) is 5.56 Å². The van der Waals surface area contributed by atoms with Crippen LogP contribution in [0.4, 0.5) is 5.95 Å². The Morgan fingerprint density at radius 1 is 1.62 bits per heavy atom. The molecule has 0 aliphatic carbocycles. The number of fused-ring (bicyclic) bond motifs is 1. The SMILES string of the molecule is O=c1c(-c2ccsc2)cnc2n1C(O)CN2. The van der Waals surface area contributed by atoms with Crippen molar-refractivity contribution in [2.45, 2.75) is 6.23 Å². The van der Waals surface area contributed by atoms with Crippen molar-refractivity contribution in [3.63, 3.8) is 0 Å². The summed E-state index contributed by atoms with van der Waals surface area (Å²) in [6.07, 6.45) is 0.718. The van der Waals surface area contributed by atoms with Crippen LogP contribution in [0, 0.1) is 0 Å². The van der Waals surface area contributed by atoms with E-state index in [4.69, 9.17) is 0 Å². The molecule has 0 bridgehead atoms. The van der Waals surface area contributed by atoms with Crippen molar-refractivity contribution < 1.29 is 5.11 Å². The van der Waals surface area contributed by atoms with Gasteiger partial charge in [0.25, 0.3) is 5.56 Å². The first kappa shape index (κ1) is 9.56. The van der Waals surface area contributed by atoms with Gasteiger partial charge in [-0.15, -0.1) is 0 Å². The number of aliphatic hydroxyl groups is 1. The van der Waals surface area contributed by atoms with E-state index in [1.165, 1.54) is 15.9 Å². The maximum absolute atomic E-state index is 12.1. The van der Waals surface area contributed by atoms with E-state index in [2.05, 4.69) is 10.3 Å². The molecule has 6 heteroatoms. The van der Waals surface area contributed by atoms with E-state index in [0.29, 0.717) is 18.1 Å². The Morgan fingerprint density at radius 3 is 3.25 bits per heavy atom. The van der Waals surface area contributed by atoms with Crippen LogP contribution in [0.5, 0.6) is 0 Å². The Kier molecular flexibility index (Phi) is 2.05. The molecule has 0 aromatic carbocycles. The van der Waals surface area contributed by atoms with Gasteiger partial charge in [0.05, 0.1) is 12.1 Å². The molecule has 0 amide bonds. The van der Waals surface area contributed by atoms with Crippen LogP contribution >= 0.6 is 11.3 Å². The van der Waals surface area contributed by atoms with Crippen LogP contribution in [0.15, 0.2) is 27.8 Å². The van der Waals surface area contributed by atoms with Crippen molar-refractivity contribution in [2.75, 3.05) is 11.9 Å². The average molecular weight is 235 g/mol. The van der Waals surface area contributed by atoms with Crippen LogP contribution in [-0.2, 0) is 0 Å². The Morgan fingerprint density at radius 2 is 2.50 bits per heavy atom. The predicted molar refractivity (Wildman–Crippen MR) is 61.6 cm³/mol. The number of nitrogens with zero attached hydrogens (tertiary/aromatic N) is 2. The van der Waals surface area contributed by atoms with Gasteiger partial charge >= 0.3 is 0 Å². The molecule has 1 atom stereocenters. The summed E-state index contributed by atoms with van der Waals surface area (Å²) in [5.41, 5.74) is 1.16. The fraction of sp³-hybridized carbons (Fsp3) is 0.200. The van der Waals surface area contributed by atoms with Gasteiger partial charge in [-0.05, 0) is 22.4 Å². The second kappa shape index (κ2) is 3.43. The zero-order chi connectivity index (χ0) is 11.1. The third-order valence-electron chi connectivity index (χ3n) is 2.57. The Balaban J connectivity index is 2.24. The first-order valence-electron chi connectivity index (χ1n) is 4.83. The Bertz CT molecular complexity index is 576. The third-order valence-corrected chi connectivity index (χ3v) is 3.25. The number of aliphatic hydroxyl groups excluding tert-OH is 1. The quantitative estimate of drug-likeness (QED) is 0.770. The number of anilines is 1. The van der Waals surface area contributed by atoms with Crippen LogP contribution in [0.2, 0.25) is 0 Å². The average Bonchev–Trinajstić information content (AvgIpc) is 2.89. The summed E-state index contributed by atoms with van der Waals surface area (Å²) in [7, 11) is 0.